The van der Waals surface area contributed by atoms with Gasteiger partial charge in [-0.1, -0.05) is 5.21 Å². The number of hydrogen-bond acceptors (Lipinski definition) is 5. The summed E-state index contributed by atoms with van der Waals surface area (Å²) in [6.07, 6.45) is -0.850. The first-order valence-electron chi connectivity index (χ1n) is 5.89. The molecule has 0 atom stereocenters. The van der Waals surface area contributed by atoms with Crippen molar-refractivity contribution in [3.63, 3.8) is 0 Å². The van der Waals surface area contributed by atoms with Gasteiger partial charge in [0, 0.05) is 12.7 Å². The van der Waals surface area contributed by atoms with E-state index in [1.807, 2.05) is 19.2 Å². The van der Waals surface area contributed by atoms with Gasteiger partial charge in [0.05, 0.1) is 28.7 Å². The number of fused-ring (bicyclic) bond motifs is 1. The molecule has 0 aliphatic carbocycles. The highest BCUT2D eigenvalue weighted by molar-refractivity contribution is 7.18. The molecule has 0 spiro atoms. The van der Waals surface area contributed by atoms with Gasteiger partial charge in [0.2, 0.25) is 0 Å². The summed E-state index contributed by atoms with van der Waals surface area (Å²) in [6.45, 7) is 0.565. The van der Waals surface area contributed by atoms with Crippen molar-refractivity contribution in [3.8, 4) is 0 Å². The number of hydrogen-bond donors (Lipinski definition) is 1. The lowest BCUT2D eigenvalue weighted by Crippen LogP contribution is -2.05. The molecule has 2 heterocycles. The number of nitrogens with zero attached hydrogens (tertiary/aromatic N) is 4. The molecule has 0 amide bonds. The van der Waals surface area contributed by atoms with Gasteiger partial charge in [-0.3, -0.25) is 4.68 Å². The number of benzene rings is 1. The Kier molecular flexibility index (Phi) is 3.31. The van der Waals surface area contributed by atoms with E-state index in [1.54, 1.807) is 16.9 Å². The van der Waals surface area contributed by atoms with E-state index < -0.39 is 6.43 Å². The van der Waals surface area contributed by atoms with E-state index in [-0.39, 0.29) is 5.01 Å². The second-order valence-electron chi connectivity index (χ2n) is 4.24. The molecule has 1 aromatic carbocycles. The molecule has 5 nitrogen and oxygen atoms in total. The van der Waals surface area contributed by atoms with E-state index >= 15 is 0 Å². The van der Waals surface area contributed by atoms with Crippen molar-refractivity contribution in [1.29, 1.82) is 0 Å². The predicted molar refractivity (Wildman–Crippen MR) is 72.9 cm³/mol. The van der Waals surface area contributed by atoms with Crippen LogP contribution in [0.1, 0.15) is 17.1 Å². The Morgan fingerprint density at radius 1 is 1.40 bits per heavy atom. The summed E-state index contributed by atoms with van der Waals surface area (Å²) in [6, 6.07) is 5.38. The van der Waals surface area contributed by atoms with Gasteiger partial charge < -0.3 is 5.32 Å². The Balaban J connectivity index is 1.80. The number of thiazole rings is 1. The average molecular weight is 295 g/mol. The second kappa shape index (κ2) is 5.12. The first-order chi connectivity index (χ1) is 9.63. The molecule has 2 aromatic heterocycles. The van der Waals surface area contributed by atoms with E-state index in [4.69, 9.17) is 0 Å². The van der Waals surface area contributed by atoms with E-state index in [9.17, 15) is 8.78 Å². The van der Waals surface area contributed by atoms with Crippen molar-refractivity contribution in [2.24, 2.45) is 7.05 Å². The molecular formula is C12H11F2N5S. The standard InChI is InChI=1S/C12H11F2N5S/c1-19-8(6-16-18-19)5-15-7-2-3-9-10(4-7)20-12(17-9)11(13)14/h2-4,6,11,15H,5H2,1H3. The fourth-order valence-corrected chi connectivity index (χ4v) is 2.67. The van der Waals surface area contributed by atoms with Crippen LogP contribution in [-0.2, 0) is 13.6 Å². The summed E-state index contributed by atoms with van der Waals surface area (Å²) in [4.78, 5) is 3.89. The molecule has 0 radical (unpaired) electrons. The zero-order chi connectivity index (χ0) is 14.1. The molecule has 0 saturated carbocycles. The first-order valence-corrected chi connectivity index (χ1v) is 6.71. The molecule has 1 N–H and O–H groups in total. The Morgan fingerprint density at radius 2 is 2.25 bits per heavy atom. The van der Waals surface area contributed by atoms with Crippen LogP contribution in [0, 0.1) is 0 Å². The Morgan fingerprint density at radius 3 is 2.95 bits per heavy atom. The van der Waals surface area contributed by atoms with Crippen LogP contribution in [-0.4, -0.2) is 20.0 Å². The minimum Gasteiger partial charge on any atom is -0.379 e. The summed E-state index contributed by atoms with van der Waals surface area (Å²) >= 11 is 1.02. The minimum atomic E-state index is -2.52. The highest BCUT2D eigenvalue weighted by Crippen LogP contribution is 2.30. The molecule has 3 rings (SSSR count). The summed E-state index contributed by atoms with van der Waals surface area (Å²) in [5, 5.41) is 10.7. The van der Waals surface area contributed by atoms with Crippen LogP contribution in [0.3, 0.4) is 0 Å². The van der Waals surface area contributed by atoms with Gasteiger partial charge in [0.1, 0.15) is 0 Å². The summed E-state index contributed by atoms with van der Waals surface area (Å²) < 4.78 is 27.6. The smallest absolute Gasteiger partial charge is 0.289 e. The average Bonchev–Trinajstić information content (AvgIpc) is 3.01. The van der Waals surface area contributed by atoms with Gasteiger partial charge in [-0.05, 0) is 18.2 Å². The Labute approximate surface area is 117 Å². The van der Waals surface area contributed by atoms with Crippen molar-refractivity contribution in [3.05, 3.63) is 35.1 Å². The van der Waals surface area contributed by atoms with Crippen molar-refractivity contribution in [2.45, 2.75) is 13.0 Å². The third kappa shape index (κ3) is 2.46. The van der Waals surface area contributed by atoms with Crippen molar-refractivity contribution < 1.29 is 8.78 Å². The van der Waals surface area contributed by atoms with Crippen molar-refractivity contribution in [1.82, 2.24) is 20.0 Å². The second-order valence-corrected chi connectivity index (χ2v) is 5.30. The van der Waals surface area contributed by atoms with Crippen molar-refractivity contribution in [2.75, 3.05) is 5.32 Å². The van der Waals surface area contributed by atoms with E-state index in [2.05, 4.69) is 20.6 Å². The normalized spacial score (nSPS) is 11.4. The molecule has 0 bridgehead atoms. The monoisotopic (exact) mass is 295 g/mol. The number of nitrogens with one attached hydrogen (secondary N) is 1. The molecular weight excluding hydrogens is 284 g/mol. The number of alkyl halides is 2. The number of halogens is 2. The van der Waals surface area contributed by atoms with Crippen LogP contribution < -0.4 is 5.32 Å². The molecule has 3 aromatic rings. The maximum atomic E-state index is 12.6. The number of aromatic nitrogens is 4. The maximum Gasteiger partial charge on any atom is 0.289 e. The molecule has 0 saturated heterocycles. The van der Waals surface area contributed by atoms with Crippen LogP contribution in [0.2, 0.25) is 0 Å². The zero-order valence-electron chi connectivity index (χ0n) is 10.5. The third-order valence-electron chi connectivity index (χ3n) is 2.87. The quantitative estimate of drug-likeness (QED) is 0.804. The van der Waals surface area contributed by atoms with Gasteiger partial charge >= 0.3 is 0 Å². The largest absolute Gasteiger partial charge is 0.379 e. The van der Waals surface area contributed by atoms with Gasteiger partial charge in [-0.25, -0.2) is 13.8 Å². The maximum absolute atomic E-state index is 12.6. The Hall–Kier alpha value is -2.09. The summed E-state index contributed by atoms with van der Waals surface area (Å²) in [5.74, 6) is 0. The van der Waals surface area contributed by atoms with Crippen LogP contribution >= 0.6 is 11.3 Å². The number of anilines is 1. The predicted octanol–water partition coefficient (Wildman–Crippen LogP) is 2.97. The third-order valence-corrected chi connectivity index (χ3v) is 3.90. The lowest BCUT2D eigenvalue weighted by atomic mass is 10.3. The fourth-order valence-electron chi connectivity index (χ4n) is 1.81. The minimum absolute atomic E-state index is 0.145. The molecule has 0 aliphatic heterocycles. The topological polar surface area (TPSA) is 55.6 Å². The summed E-state index contributed by atoms with van der Waals surface area (Å²) in [7, 11) is 1.81. The highest BCUT2D eigenvalue weighted by Gasteiger charge is 2.13. The van der Waals surface area contributed by atoms with Crippen molar-refractivity contribution >= 4 is 27.2 Å². The van der Waals surface area contributed by atoms with Gasteiger partial charge in [0.25, 0.3) is 6.43 Å². The Bertz CT molecular complexity index is 736. The molecule has 0 fully saturated rings. The van der Waals surface area contributed by atoms with Crippen LogP contribution in [0.25, 0.3) is 10.2 Å². The molecule has 0 unspecified atom stereocenters. The van der Waals surface area contributed by atoms with Crippen LogP contribution in [0.15, 0.2) is 24.4 Å². The fraction of sp³-hybridized carbons (Fsp3) is 0.250. The SMILES string of the molecule is Cn1nncc1CNc1ccc2nc(C(F)F)sc2c1. The van der Waals surface area contributed by atoms with E-state index in [0.29, 0.717) is 12.1 Å². The molecule has 8 heteroatoms. The van der Waals surface area contributed by atoms with Gasteiger partial charge in [-0.15, -0.1) is 16.4 Å². The lowest BCUT2D eigenvalue weighted by molar-refractivity contribution is 0.151. The van der Waals surface area contributed by atoms with E-state index in [1.165, 1.54) is 0 Å². The summed E-state index contributed by atoms with van der Waals surface area (Å²) in [5.41, 5.74) is 2.38. The molecule has 0 aliphatic rings. The lowest BCUT2D eigenvalue weighted by Gasteiger charge is -2.05. The van der Waals surface area contributed by atoms with Crippen LogP contribution in [0.4, 0.5) is 14.5 Å². The van der Waals surface area contributed by atoms with Gasteiger partial charge in [0.15, 0.2) is 5.01 Å². The zero-order valence-corrected chi connectivity index (χ0v) is 11.4. The number of rotatable bonds is 4. The first kappa shape index (κ1) is 12.9. The molecule has 20 heavy (non-hydrogen) atoms. The van der Waals surface area contributed by atoms with Gasteiger partial charge in [-0.2, -0.15) is 0 Å². The van der Waals surface area contributed by atoms with E-state index in [0.717, 1.165) is 27.4 Å². The van der Waals surface area contributed by atoms with Crippen LogP contribution in [0.5, 0.6) is 0 Å². The molecule has 104 valence electrons. The number of aryl methyl sites for hydroxylation is 1. The highest BCUT2D eigenvalue weighted by atomic mass is 32.1.